The second-order valence-electron chi connectivity index (χ2n) is 8.16. The molecule has 30 heavy (non-hydrogen) atoms. The fraction of sp³-hybridized carbons (Fsp3) is 0.200. The maximum absolute atomic E-state index is 13.0. The second kappa shape index (κ2) is 8.41. The number of hydrogen-bond acceptors (Lipinski definition) is 4. The van der Waals surface area contributed by atoms with Gasteiger partial charge >= 0.3 is 5.97 Å². The average Bonchev–Trinajstić information content (AvgIpc) is 2.67. The zero-order chi connectivity index (χ0) is 21.9. The van der Waals surface area contributed by atoms with E-state index in [1.54, 1.807) is 51.1 Å². The number of nitrogen functional groups attached to an aromatic ring is 1. The molecular formula is C25H26N2O3. The number of carbonyl (C=O) groups excluding carboxylic acids is 2. The van der Waals surface area contributed by atoms with Crippen molar-refractivity contribution in [1.29, 1.82) is 0 Å². The van der Waals surface area contributed by atoms with Crippen molar-refractivity contribution in [2.75, 3.05) is 11.1 Å². The summed E-state index contributed by atoms with van der Waals surface area (Å²) in [7, 11) is 0. The van der Waals surface area contributed by atoms with Crippen LogP contribution in [0.25, 0.3) is 11.1 Å². The Bertz CT molecular complexity index is 1080. The summed E-state index contributed by atoms with van der Waals surface area (Å²) in [5, 5.41) is 2.88. The van der Waals surface area contributed by atoms with Crippen molar-refractivity contribution >= 4 is 23.3 Å². The monoisotopic (exact) mass is 402 g/mol. The molecular weight excluding hydrogens is 376 g/mol. The summed E-state index contributed by atoms with van der Waals surface area (Å²) < 4.78 is 5.53. The number of nitrogens with two attached hydrogens (primary N) is 1. The van der Waals surface area contributed by atoms with Crippen molar-refractivity contribution in [2.24, 2.45) is 0 Å². The minimum absolute atomic E-state index is 0.297. The average molecular weight is 402 g/mol. The summed E-state index contributed by atoms with van der Waals surface area (Å²) in [5.74, 6) is -0.811. The van der Waals surface area contributed by atoms with Crippen LogP contribution in [-0.2, 0) is 4.74 Å². The molecule has 0 atom stereocenters. The van der Waals surface area contributed by atoms with Gasteiger partial charge in [0.05, 0.1) is 11.3 Å². The highest BCUT2D eigenvalue weighted by atomic mass is 16.6. The van der Waals surface area contributed by atoms with Crippen LogP contribution in [-0.4, -0.2) is 17.5 Å². The van der Waals surface area contributed by atoms with Crippen LogP contribution >= 0.6 is 0 Å². The lowest BCUT2D eigenvalue weighted by atomic mass is 10.0. The summed E-state index contributed by atoms with van der Waals surface area (Å²) in [4.78, 5) is 25.7. The van der Waals surface area contributed by atoms with Crippen molar-refractivity contribution in [1.82, 2.24) is 0 Å². The largest absolute Gasteiger partial charge is 0.456 e. The third-order valence-electron chi connectivity index (χ3n) is 4.49. The standard InChI is InChI=1S/C25H26N2O3/c1-16-14-19(26)11-13-20(16)23(28)27-22-15-18(17-8-6-5-7-9-17)10-12-21(22)24(29)30-25(2,3)4/h5-15H,26H2,1-4H3,(H,27,28). The molecule has 5 heteroatoms. The van der Waals surface area contributed by atoms with Crippen LogP contribution in [0.4, 0.5) is 11.4 Å². The summed E-state index contributed by atoms with van der Waals surface area (Å²) >= 11 is 0. The topological polar surface area (TPSA) is 81.4 Å². The van der Waals surface area contributed by atoms with E-state index in [0.717, 1.165) is 16.7 Å². The van der Waals surface area contributed by atoms with Gasteiger partial charge in [-0.2, -0.15) is 0 Å². The molecule has 0 saturated carbocycles. The van der Waals surface area contributed by atoms with Crippen molar-refractivity contribution in [2.45, 2.75) is 33.3 Å². The van der Waals surface area contributed by atoms with Crippen molar-refractivity contribution in [3.05, 3.63) is 83.4 Å². The molecule has 1 amide bonds. The number of ether oxygens (including phenoxy) is 1. The number of hydrogen-bond donors (Lipinski definition) is 2. The van der Waals surface area contributed by atoms with E-state index in [1.165, 1.54) is 0 Å². The number of aryl methyl sites for hydroxylation is 1. The number of carbonyl (C=O) groups is 2. The molecule has 3 aromatic rings. The lowest BCUT2D eigenvalue weighted by Crippen LogP contribution is -2.25. The van der Waals surface area contributed by atoms with Crippen molar-refractivity contribution in [3.63, 3.8) is 0 Å². The number of benzene rings is 3. The first-order chi connectivity index (χ1) is 14.1. The molecule has 5 nitrogen and oxygen atoms in total. The minimum Gasteiger partial charge on any atom is -0.456 e. The molecule has 0 bridgehead atoms. The predicted molar refractivity (Wildman–Crippen MR) is 121 cm³/mol. The summed E-state index contributed by atoms with van der Waals surface area (Å²) in [6.07, 6.45) is 0. The van der Waals surface area contributed by atoms with Crippen LogP contribution in [0.3, 0.4) is 0 Å². The molecule has 0 aliphatic heterocycles. The predicted octanol–water partition coefficient (Wildman–Crippen LogP) is 5.45. The molecule has 0 aliphatic carbocycles. The number of esters is 1. The lowest BCUT2D eigenvalue weighted by molar-refractivity contribution is 0.00708. The van der Waals surface area contributed by atoms with Gasteiger partial charge in [-0.25, -0.2) is 4.79 Å². The first-order valence-corrected chi connectivity index (χ1v) is 9.74. The van der Waals surface area contributed by atoms with Gasteiger partial charge in [0, 0.05) is 11.3 Å². The molecule has 3 rings (SSSR count). The van der Waals surface area contributed by atoms with Gasteiger partial charge in [-0.3, -0.25) is 4.79 Å². The molecule has 0 radical (unpaired) electrons. The highest BCUT2D eigenvalue weighted by Gasteiger charge is 2.22. The first kappa shape index (κ1) is 21.1. The van der Waals surface area contributed by atoms with Gasteiger partial charge in [-0.15, -0.1) is 0 Å². The molecule has 0 aliphatic rings. The second-order valence-corrected chi connectivity index (χ2v) is 8.16. The summed E-state index contributed by atoms with van der Waals surface area (Å²) in [6.45, 7) is 7.23. The van der Waals surface area contributed by atoms with Gasteiger partial charge in [0.1, 0.15) is 5.60 Å². The Labute approximate surface area is 176 Å². The molecule has 0 spiro atoms. The smallest absolute Gasteiger partial charge is 0.340 e. The van der Waals surface area contributed by atoms with Crippen LogP contribution in [0.15, 0.2) is 66.7 Å². The molecule has 0 saturated heterocycles. The third kappa shape index (κ3) is 5.06. The van der Waals surface area contributed by atoms with E-state index in [9.17, 15) is 9.59 Å². The fourth-order valence-corrected chi connectivity index (χ4v) is 3.10. The van der Waals surface area contributed by atoms with E-state index in [2.05, 4.69) is 5.32 Å². The normalized spacial score (nSPS) is 11.1. The highest BCUT2D eigenvalue weighted by molar-refractivity contribution is 6.09. The Kier molecular flexibility index (Phi) is 5.92. The first-order valence-electron chi connectivity index (χ1n) is 9.74. The van der Waals surface area contributed by atoms with Crippen LogP contribution in [0, 0.1) is 6.92 Å². The Morgan fingerprint density at radius 3 is 2.17 bits per heavy atom. The third-order valence-corrected chi connectivity index (χ3v) is 4.49. The zero-order valence-corrected chi connectivity index (χ0v) is 17.7. The minimum atomic E-state index is -0.649. The van der Waals surface area contributed by atoms with Gasteiger partial charge in [0.15, 0.2) is 0 Å². The van der Waals surface area contributed by atoms with Crippen molar-refractivity contribution in [3.8, 4) is 11.1 Å². The van der Waals surface area contributed by atoms with Gasteiger partial charge in [-0.1, -0.05) is 36.4 Å². The maximum atomic E-state index is 13.0. The van der Waals surface area contributed by atoms with E-state index in [0.29, 0.717) is 22.5 Å². The van der Waals surface area contributed by atoms with Gasteiger partial charge in [-0.05, 0) is 74.7 Å². The number of nitrogens with one attached hydrogen (secondary N) is 1. The van der Waals surface area contributed by atoms with Gasteiger partial charge < -0.3 is 15.8 Å². The summed E-state index contributed by atoms with van der Waals surface area (Å²) in [5.41, 5.74) is 9.53. The zero-order valence-electron chi connectivity index (χ0n) is 17.7. The lowest BCUT2D eigenvalue weighted by Gasteiger charge is -2.21. The van der Waals surface area contributed by atoms with E-state index in [-0.39, 0.29) is 5.91 Å². The van der Waals surface area contributed by atoms with Crippen LogP contribution < -0.4 is 11.1 Å². The number of anilines is 2. The van der Waals surface area contributed by atoms with E-state index in [4.69, 9.17) is 10.5 Å². The number of rotatable bonds is 4. The van der Waals surface area contributed by atoms with E-state index in [1.807, 2.05) is 43.3 Å². The molecule has 3 N–H and O–H groups in total. The Hall–Kier alpha value is -3.60. The molecule has 0 fully saturated rings. The molecule has 0 unspecified atom stereocenters. The fourth-order valence-electron chi connectivity index (χ4n) is 3.10. The van der Waals surface area contributed by atoms with E-state index < -0.39 is 11.6 Å². The number of amides is 1. The molecule has 0 aromatic heterocycles. The summed E-state index contributed by atoms with van der Waals surface area (Å²) in [6, 6.07) is 20.2. The van der Waals surface area contributed by atoms with E-state index >= 15 is 0 Å². The van der Waals surface area contributed by atoms with Crippen LogP contribution in [0.2, 0.25) is 0 Å². The maximum Gasteiger partial charge on any atom is 0.340 e. The highest BCUT2D eigenvalue weighted by Crippen LogP contribution is 2.28. The molecule has 154 valence electrons. The van der Waals surface area contributed by atoms with Gasteiger partial charge in [0.2, 0.25) is 0 Å². The molecule has 0 heterocycles. The Balaban J connectivity index is 2.01. The quantitative estimate of drug-likeness (QED) is 0.449. The Morgan fingerprint density at radius 1 is 0.867 bits per heavy atom. The SMILES string of the molecule is Cc1cc(N)ccc1C(=O)Nc1cc(-c2ccccc2)ccc1C(=O)OC(C)(C)C. The van der Waals surface area contributed by atoms with Crippen LogP contribution in [0.5, 0.6) is 0 Å². The Morgan fingerprint density at radius 2 is 1.53 bits per heavy atom. The van der Waals surface area contributed by atoms with Crippen molar-refractivity contribution < 1.29 is 14.3 Å². The molecule has 3 aromatic carbocycles. The van der Waals surface area contributed by atoms with Crippen LogP contribution in [0.1, 0.15) is 47.1 Å². The van der Waals surface area contributed by atoms with Gasteiger partial charge in [0.25, 0.3) is 5.91 Å².